The van der Waals surface area contributed by atoms with Gasteiger partial charge in [-0.25, -0.2) is 0 Å². The van der Waals surface area contributed by atoms with Crippen LogP contribution in [-0.4, -0.2) is 30.9 Å². The van der Waals surface area contributed by atoms with Crippen LogP contribution in [0.2, 0.25) is 0 Å². The van der Waals surface area contributed by atoms with E-state index in [1.54, 1.807) is 24.1 Å². The highest BCUT2D eigenvalue weighted by atomic mass is 16.5. The minimum Gasteiger partial charge on any atom is -0.619 e. The molecule has 0 unspecified atom stereocenters. The SMILES string of the molecule is CN(Cc1ccc(N2CCCCC2)cc1)C(=O)c1cc[n+]([O-])cc1. The number of anilines is 1. The summed E-state index contributed by atoms with van der Waals surface area (Å²) in [7, 11) is 1.78. The van der Waals surface area contributed by atoms with Gasteiger partial charge in [0.1, 0.15) is 0 Å². The van der Waals surface area contributed by atoms with Crippen molar-refractivity contribution in [1.82, 2.24) is 4.90 Å². The molecule has 24 heavy (non-hydrogen) atoms. The molecule has 1 aliphatic heterocycles. The van der Waals surface area contributed by atoms with E-state index >= 15 is 0 Å². The maximum atomic E-state index is 12.4. The van der Waals surface area contributed by atoms with Gasteiger partial charge >= 0.3 is 0 Å². The molecular weight excluding hydrogens is 302 g/mol. The van der Waals surface area contributed by atoms with Gasteiger partial charge in [0.2, 0.25) is 0 Å². The van der Waals surface area contributed by atoms with Crippen molar-refractivity contribution < 1.29 is 9.52 Å². The molecule has 1 aromatic heterocycles. The van der Waals surface area contributed by atoms with Crippen LogP contribution in [-0.2, 0) is 6.54 Å². The van der Waals surface area contributed by atoms with Crippen molar-refractivity contribution in [2.45, 2.75) is 25.8 Å². The molecule has 2 aromatic rings. The second kappa shape index (κ2) is 7.34. The summed E-state index contributed by atoms with van der Waals surface area (Å²) in [6.45, 7) is 2.81. The van der Waals surface area contributed by atoms with Gasteiger partial charge in [-0.3, -0.25) is 4.79 Å². The molecule has 3 rings (SSSR count). The van der Waals surface area contributed by atoms with Crippen LogP contribution in [0.5, 0.6) is 0 Å². The molecule has 0 radical (unpaired) electrons. The van der Waals surface area contributed by atoms with E-state index in [0.29, 0.717) is 16.8 Å². The normalized spacial score (nSPS) is 14.5. The van der Waals surface area contributed by atoms with Crippen LogP contribution in [0.3, 0.4) is 0 Å². The number of hydrogen-bond donors (Lipinski definition) is 0. The van der Waals surface area contributed by atoms with E-state index in [1.807, 2.05) is 0 Å². The molecule has 0 atom stereocenters. The highest BCUT2D eigenvalue weighted by Gasteiger charge is 2.14. The lowest BCUT2D eigenvalue weighted by molar-refractivity contribution is -0.605. The molecule has 5 heteroatoms. The van der Waals surface area contributed by atoms with E-state index in [-0.39, 0.29) is 5.91 Å². The summed E-state index contributed by atoms with van der Waals surface area (Å²) in [4.78, 5) is 16.5. The van der Waals surface area contributed by atoms with Crippen LogP contribution < -0.4 is 9.63 Å². The summed E-state index contributed by atoms with van der Waals surface area (Å²) in [5, 5.41) is 11.1. The van der Waals surface area contributed by atoms with Crippen molar-refractivity contribution in [3.05, 3.63) is 65.1 Å². The summed E-state index contributed by atoms with van der Waals surface area (Å²) in [6.07, 6.45) is 6.54. The monoisotopic (exact) mass is 325 g/mol. The number of piperidine rings is 1. The highest BCUT2D eigenvalue weighted by Crippen LogP contribution is 2.20. The van der Waals surface area contributed by atoms with E-state index in [4.69, 9.17) is 0 Å². The molecular formula is C19H23N3O2. The van der Waals surface area contributed by atoms with Gasteiger partial charge in [0.25, 0.3) is 5.91 Å². The molecule has 0 saturated carbocycles. The zero-order chi connectivity index (χ0) is 16.9. The Kier molecular flexibility index (Phi) is 4.99. The molecule has 1 saturated heterocycles. The van der Waals surface area contributed by atoms with Crippen molar-refractivity contribution in [1.29, 1.82) is 0 Å². The van der Waals surface area contributed by atoms with Crippen molar-refractivity contribution in [2.24, 2.45) is 0 Å². The van der Waals surface area contributed by atoms with E-state index < -0.39 is 0 Å². The van der Waals surface area contributed by atoms with Crippen LogP contribution in [0.15, 0.2) is 48.8 Å². The first-order valence-corrected chi connectivity index (χ1v) is 8.42. The van der Waals surface area contributed by atoms with Gasteiger partial charge in [-0.05, 0) is 37.0 Å². The van der Waals surface area contributed by atoms with Crippen molar-refractivity contribution >= 4 is 11.6 Å². The number of carbonyl (C=O) groups excluding carboxylic acids is 1. The Morgan fingerprint density at radius 1 is 1.08 bits per heavy atom. The largest absolute Gasteiger partial charge is 0.619 e. The Morgan fingerprint density at radius 3 is 2.33 bits per heavy atom. The molecule has 1 aliphatic rings. The van der Waals surface area contributed by atoms with Gasteiger partial charge in [-0.1, -0.05) is 12.1 Å². The number of rotatable bonds is 4. The van der Waals surface area contributed by atoms with Crippen LogP contribution in [0.25, 0.3) is 0 Å². The zero-order valence-electron chi connectivity index (χ0n) is 14.0. The van der Waals surface area contributed by atoms with Gasteiger partial charge < -0.3 is 15.0 Å². The zero-order valence-corrected chi connectivity index (χ0v) is 14.0. The second-order valence-corrected chi connectivity index (χ2v) is 6.32. The summed E-state index contributed by atoms with van der Waals surface area (Å²) >= 11 is 0. The van der Waals surface area contributed by atoms with Gasteiger partial charge in [0.05, 0.1) is 5.56 Å². The predicted octanol–water partition coefficient (Wildman–Crippen LogP) is 2.58. The summed E-state index contributed by atoms with van der Waals surface area (Å²) in [6, 6.07) is 11.6. The minimum absolute atomic E-state index is 0.0873. The van der Waals surface area contributed by atoms with E-state index in [1.165, 1.54) is 37.3 Å². The predicted molar refractivity (Wildman–Crippen MR) is 93.7 cm³/mol. The fraction of sp³-hybridized carbons (Fsp3) is 0.368. The first-order valence-electron chi connectivity index (χ1n) is 8.42. The molecule has 1 amide bonds. The number of carbonyl (C=O) groups is 1. The number of hydrogen-bond acceptors (Lipinski definition) is 3. The number of pyridine rings is 1. The number of nitrogens with zero attached hydrogens (tertiary/aromatic N) is 3. The fourth-order valence-corrected chi connectivity index (χ4v) is 3.09. The first-order chi connectivity index (χ1) is 11.6. The molecule has 2 heterocycles. The van der Waals surface area contributed by atoms with Crippen LogP contribution in [0.1, 0.15) is 35.2 Å². The molecule has 0 N–H and O–H groups in total. The smallest absolute Gasteiger partial charge is 0.254 e. The van der Waals surface area contributed by atoms with Gasteiger partial charge in [0, 0.05) is 44.5 Å². The lowest BCUT2D eigenvalue weighted by atomic mass is 10.1. The van der Waals surface area contributed by atoms with E-state index in [9.17, 15) is 10.0 Å². The topological polar surface area (TPSA) is 50.5 Å². The molecule has 1 fully saturated rings. The third kappa shape index (κ3) is 3.85. The van der Waals surface area contributed by atoms with E-state index in [2.05, 4.69) is 29.2 Å². The van der Waals surface area contributed by atoms with Gasteiger partial charge in [-0.2, -0.15) is 4.73 Å². The van der Waals surface area contributed by atoms with Gasteiger partial charge in [-0.15, -0.1) is 0 Å². The summed E-state index contributed by atoms with van der Waals surface area (Å²) < 4.78 is 0.677. The Morgan fingerprint density at radius 2 is 1.71 bits per heavy atom. The number of benzene rings is 1. The Labute approximate surface area is 142 Å². The number of aromatic nitrogens is 1. The van der Waals surface area contributed by atoms with E-state index in [0.717, 1.165) is 18.7 Å². The highest BCUT2D eigenvalue weighted by molar-refractivity contribution is 5.93. The third-order valence-electron chi connectivity index (χ3n) is 4.47. The average molecular weight is 325 g/mol. The number of amides is 1. The Balaban J connectivity index is 1.62. The minimum atomic E-state index is -0.0873. The first kappa shape index (κ1) is 16.3. The Hall–Kier alpha value is -2.56. The molecule has 1 aromatic carbocycles. The molecule has 0 aliphatic carbocycles. The molecule has 126 valence electrons. The van der Waals surface area contributed by atoms with Gasteiger partial charge in [0.15, 0.2) is 12.4 Å². The Bertz CT molecular complexity index is 677. The van der Waals surface area contributed by atoms with Crippen LogP contribution >= 0.6 is 0 Å². The summed E-state index contributed by atoms with van der Waals surface area (Å²) in [5.74, 6) is -0.0873. The van der Waals surface area contributed by atoms with Crippen LogP contribution in [0.4, 0.5) is 5.69 Å². The second-order valence-electron chi connectivity index (χ2n) is 6.32. The quantitative estimate of drug-likeness (QED) is 0.641. The van der Waals surface area contributed by atoms with Crippen molar-refractivity contribution in [2.75, 3.05) is 25.0 Å². The lowest BCUT2D eigenvalue weighted by Gasteiger charge is -2.29. The lowest BCUT2D eigenvalue weighted by Crippen LogP contribution is -2.30. The maximum absolute atomic E-state index is 12.4. The molecule has 5 nitrogen and oxygen atoms in total. The summed E-state index contributed by atoms with van der Waals surface area (Å²) in [5.41, 5.74) is 2.88. The molecule has 0 spiro atoms. The standard InChI is InChI=1S/C19H23N3O2/c1-20(19(23)17-9-13-22(24)14-10-17)15-16-5-7-18(8-6-16)21-11-3-2-4-12-21/h5-10,13-14H,2-4,11-12,15H2,1H3. The molecule has 0 bridgehead atoms. The van der Waals surface area contributed by atoms with Crippen LogP contribution in [0, 0.1) is 5.21 Å². The average Bonchev–Trinajstić information content (AvgIpc) is 2.63. The third-order valence-corrected chi connectivity index (χ3v) is 4.47. The van der Waals surface area contributed by atoms with Crippen molar-refractivity contribution in [3.63, 3.8) is 0 Å². The van der Waals surface area contributed by atoms with Crippen molar-refractivity contribution in [3.8, 4) is 0 Å². The maximum Gasteiger partial charge on any atom is 0.254 e. The fourth-order valence-electron chi connectivity index (χ4n) is 3.09.